The van der Waals surface area contributed by atoms with Crippen LogP contribution < -0.4 is 0 Å². The van der Waals surface area contributed by atoms with Crippen molar-refractivity contribution in [2.45, 2.75) is 44.0 Å². The van der Waals surface area contributed by atoms with Crippen molar-refractivity contribution in [3.8, 4) is 0 Å². The van der Waals surface area contributed by atoms with Crippen molar-refractivity contribution >= 4 is 23.1 Å². The summed E-state index contributed by atoms with van der Waals surface area (Å²) in [7, 11) is 0. The maximum atomic E-state index is 4.75. The second kappa shape index (κ2) is 7.32. The molecule has 1 N–H and O–H groups in total. The number of H-pyrrole nitrogens is 1. The fraction of sp³-hybridized carbons (Fsp3) is 0.333. The van der Waals surface area contributed by atoms with Crippen LogP contribution in [0, 0.1) is 6.92 Å². The molecule has 0 fully saturated rings. The average molecular weight is 344 g/mol. The van der Waals surface area contributed by atoms with Gasteiger partial charge in [0.2, 0.25) is 0 Å². The maximum absolute atomic E-state index is 4.75. The fourth-order valence-electron chi connectivity index (χ4n) is 2.29. The zero-order valence-electron chi connectivity index (χ0n) is 13.7. The minimum absolute atomic E-state index is 0.502. The Hall–Kier alpha value is -1.59. The first-order valence-electron chi connectivity index (χ1n) is 7.78. The largest absolute Gasteiger partial charge is 0.337 e. The van der Waals surface area contributed by atoms with Gasteiger partial charge in [-0.05, 0) is 12.5 Å². The van der Waals surface area contributed by atoms with Crippen molar-refractivity contribution in [2.24, 2.45) is 0 Å². The highest BCUT2D eigenvalue weighted by Gasteiger charge is 2.10. The third-order valence-electron chi connectivity index (χ3n) is 3.60. The zero-order chi connectivity index (χ0) is 16.2. The Kier molecular flexibility index (Phi) is 5.18. The zero-order valence-corrected chi connectivity index (χ0v) is 15.3. The number of aromatic amines is 1. The summed E-state index contributed by atoms with van der Waals surface area (Å²) < 4.78 is 0. The number of aromatic nitrogens is 3. The first kappa shape index (κ1) is 16.3. The van der Waals surface area contributed by atoms with E-state index in [1.54, 1.807) is 23.1 Å². The second-order valence-electron chi connectivity index (χ2n) is 5.90. The molecule has 2 aromatic heterocycles. The molecule has 0 radical (unpaired) electrons. The van der Waals surface area contributed by atoms with Crippen molar-refractivity contribution < 1.29 is 0 Å². The summed E-state index contributed by atoms with van der Waals surface area (Å²) in [5.74, 6) is 1.36. The topological polar surface area (TPSA) is 41.6 Å². The van der Waals surface area contributed by atoms with Gasteiger partial charge in [0.1, 0.15) is 0 Å². The summed E-state index contributed by atoms with van der Waals surface area (Å²) in [5.41, 5.74) is 4.71. The Balaban J connectivity index is 1.63. The Bertz CT molecular complexity index is 760. The summed E-state index contributed by atoms with van der Waals surface area (Å²) in [5, 5.41) is 4.34. The van der Waals surface area contributed by atoms with E-state index in [0.717, 1.165) is 34.4 Å². The van der Waals surface area contributed by atoms with Crippen LogP contribution in [0.4, 0.5) is 0 Å². The number of nitrogens with one attached hydrogen (secondary N) is 1. The summed E-state index contributed by atoms with van der Waals surface area (Å²) in [6.45, 7) is 6.46. The summed E-state index contributed by atoms with van der Waals surface area (Å²) in [4.78, 5) is 12.8. The molecule has 0 bridgehead atoms. The second-order valence-corrected chi connectivity index (χ2v) is 7.75. The summed E-state index contributed by atoms with van der Waals surface area (Å²) in [6.07, 6.45) is 0.873. The molecule has 5 heteroatoms. The third-order valence-corrected chi connectivity index (χ3v) is 5.70. The predicted molar refractivity (Wildman–Crippen MR) is 98.3 cm³/mol. The molecule has 0 aliphatic heterocycles. The van der Waals surface area contributed by atoms with Gasteiger partial charge in [0.05, 0.1) is 16.4 Å². The van der Waals surface area contributed by atoms with Crippen molar-refractivity contribution in [2.75, 3.05) is 0 Å². The minimum atomic E-state index is 0.502. The van der Waals surface area contributed by atoms with Crippen molar-refractivity contribution in [1.82, 2.24) is 15.0 Å². The number of hydrogen-bond donors (Lipinski definition) is 1. The molecule has 2 heterocycles. The molecule has 23 heavy (non-hydrogen) atoms. The molecule has 3 aromatic rings. The van der Waals surface area contributed by atoms with Crippen LogP contribution in [0.25, 0.3) is 0 Å². The SMILES string of the molecule is Cc1[nH]c(SCc2csc(C(C)C)n2)nc1Cc1ccccc1. The van der Waals surface area contributed by atoms with Crippen molar-refractivity contribution in [1.29, 1.82) is 0 Å². The van der Waals surface area contributed by atoms with Crippen LogP contribution in [0.3, 0.4) is 0 Å². The minimum Gasteiger partial charge on any atom is -0.337 e. The van der Waals surface area contributed by atoms with Gasteiger partial charge < -0.3 is 4.98 Å². The maximum Gasteiger partial charge on any atom is 0.166 e. The molecule has 1 aromatic carbocycles. The summed E-state index contributed by atoms with van der Waals surface area (Å²) in [6, 6.07) is 10.5. The van der Waals surface area contributed by atoms with E-state index in [9.17, 15) is 0 Å². The Morgan fingerprint density at radius 2 is 1.96 bits per heavy atom. The predicted octanol–water partition coefficient (Wildman–Crippen LogP) is 5.18. The van der Waals surface area contributed by atoms with Crippen LogP contribution in [-0.4, -0.2) is 15.0 Å². The monoisotopic (exact) mass is 343 g/mol. The highest BCUT2D eigenvalue weighted by molar-refractivity contribution is 7.98. The first-order chi connectivity index (χ1) is 11.1. The molecule has 0 spiro atoms. The van der Waals surface area contributed by atoms with Crippen LogP contribution in [0.2, 0.25) is 0 Å². The smallest absolute Gasteiger partial charge is 0.166 e. The standard InChI is InChI=1S/C18H21N3S2/c1-12(2)17-20-15(10-22-17)11-23-18-19-13(3)16(21-18)9-14-7-5-4-6-8-14/h4-8,10,12H,9,11H2,1-3H3,(H,19,21). The van der Waals surface area contributed by atoms with Gasteiger partial charge in [-0.15, -0.1) is 11.3 Å². The lowest BCUT2D eigenvalue weighted by Crippen LogP contribution is -1.90. The molecular weight excluding hydrogens is 322 g/mol. The number of hydrogen-bond acceptors (Lipinski definition) is 4. The quantitative estimate of drug-likeness (QED) is 0.627. The van der Waals surface area contributed by atoms with E-state index in [4.69, 9.17) is 4.98 Å². The molecule has 120 valence electrons. The van der Waals surface area contributed by atoms with Gasteiger partial charge in [0.15, 0.2) is 5.16 Å². The molecule has 0 saturated heterocycles. The molecule has 3 nitrogen and oxygen atoms in total. The van der Waals surface area contributed by atoms with Gasteiger partial charge >= 0.3 is 0 Å². The lowest BCUT2D eigenvalue weighted by molar-refractivity contribution is 0.846. The van der Waals surface area contributed by atoms with Crippen LogP contribution in [-0.2, 0) is 12.2 Å². The number of nitrogens with zero attached hydrogens (tertiary/aromatic N) is 2. The number of rotatable bonds is 6. The first-order valence-corrected chi connectivity index (χ1v) is 9.65. The number of imidazole rings is 1. The van der Waals surface area contributed by atoms with Gasteiger partial charge in [-0.3, -0.25) is 0 Å². The summed E-state index contributed by atoms with van der Waals surface area (Å²) >= 11 is 3.47. The molecule has 3 rings (SSSR count). The van der Waals surface area contributed by atoms with E-state index < -0.39 is 0 Å². The van der Waals surface area contributed by atoms with E-state index in [2.05, 4.69) is 60.4 Å². The molecule has 0 aliphatic rings. The Morgan fingerprint density at radius 3 is 2.65 bits per heavy atom. The van der Waals surface area contributed by atoms with Gasteiger partial charge in [-0.25, -0.2) is 9.97 Å². The van der Waals surface area contributed by atoms with E-state index in [0.29, 0.717) is 5.92 Å². The van der Waals surface area contributed by atoms with Crippen LogP contribution in [0.1, 0.15) is 47.4 Å². The lowest BCUT2D eigenvalue weighted by Gasteiger charge is -1.98. The van der Waals surface area contributed by atoms with Crippen LogP contribution in [0.15, 0.2) is 40.9 Å². The number of aryl methyl sites for hydroxylation is 1. The van der Waals surface area contributed by atoms with Crippen LogP contribution >= 0.6 is 23.1 Å². The van der Waals surface area contributed by atoms with E-state index >= 15 is 0 Å². The van der Waals surface area contributed by atoms with E-state index in [1.165, 1.54) is 10.6 Å². The number of benzene rings is 1. The molecule has 0 amide bonds. The molecule has 0 atom stereocenters. The molecule has 0 aliphatic carbocycles. The molecular formula is C18H21N3S2. The van der Waals surface area contributed by atoms with Gasteiger partial charge in [0.25, 0.3) is 0 Å². The highest BCUT2D eigenvalue weighted by atomic mass is 32.2. The van der Waals surface area contributed by atoms with E-state index in [1.807, 2.05) is 6.07 Å². The lowest BCUT2D eigenvalue weighted by atomic mass is 10.1. The van der Waals surface area contributed by atoms with Gasteiger partial charge in [-0.1, -0.05) is 55.9 Å². The fourth-order valence-corrected chi connectivity index (χ4v) is 4.07. The van der Waals surface area contributed by atoms with Gasteiger partial charge in [0, 0.05) is 29.2 Å². The highest BCUT2D eigenvalue weighted by Crippen LogP contribution is 2.25. The molecule has 0 unspecified atom stereocenters. The van der Waals surface area contributed by atoms with Crippen LogP contribution in [0.5, 0.6) is 0 Å². The van der Waals surface area contributed by atoms with E-state index in [-0.39, 0.29) is 0 Å². The van der Waals surface area contributed by atoms with Crippen molar-refractivity contribution in [3.05, 3.63) is 63.4 Å². The normalized spacial score (nSPS) is 11.3. The van der Waals surface area contributed by atoms with Gasteiger partial charge in [-0.2, -0.15) is 0 Å². The third kappa shape index (κ3) is 4.24. The molecule has 0 saturated carbocycles. The Morgan fingerprint density at radius 1 is 1.17 bits per heavy atom. The van der Waals surface area contributed by atoms with Crippen molar-refractivity contribution in [3.63, 3.8) is 0 Å². The Labute approximate surface area is 145 Å². The number of thiazole rings is 1. The number of thioether (sulfide) groups is 1. The average Bonchev–Trinajstić information content (AvgIpc) is 3.14.